The Morgan fingerprint density at radius 2 is 2.18 bits per heavy atom. The normalized spacial score (nSPS) is 15.4. The van der Waals surface area contributed by atoms with E-state index in [0.717, 1.165) is 0 Å². The number of hydrogen-bond donors (Lipinski definition) is 2. The van der Waals surface area contributed by atoms with Crippen LogP contribution in [0.5, 0.6) is 0 Å². The summed E-state index contributed by atoms with van der Waals surface area (Å²) in [5, 5.41) is 7.03. The molecule has 0 saturated heterocycles. The summed E-state index contributed by atoms with van der Waals surface area (Å²) in [7, 11) is 0. The molecule has 3 N–H and O–H groups in total. The van der Waals surface area contributed by atoms with Crippen molar-refractivity contribution in [2.24, 2.45) is 11.1 Å². The highest BCUT2D eigenvalue weighted by atomic mass is 16.2. The standard InChI is InChI=1S/C12H22N4O/c1-9(16-7-5-6-14-16)11(17)15-10(8-13)12(2,3)4/h5-7,9-10H,8,13H2,1-4H3,(H,15,17). The molecule has 17 heavy (non-hydrogen) atoms. The summed E-state index contributed by atoms with van der Waals surface area (Å²) in [6, 6.07) is 1.45. The van der Waals surface area contributed by atoms with Crippen LogP contribution in [0.1, 0.15) is 33.7 Å². The van der Waals surface area contributed by atoms with Crippen LogP contribution in [0, 0.1) is 5.41 Å². The van der Waals surface area contributed by atoms with Gasteiger partial charge in [0.15, 0.2) is 0 Å². The fourth-order valence-corrected chi connectivity index (χ4v) is 1.55. The third-order valence-corrected chi connectivity index (χ3v) is 2.90. The molecule has 5 nitrogen and oxygen atoms in total. The monoisotopic (exact) mass is 238 g/mol. The number of carbonyl (C=O) groups excluding carboxylic acids is 1. The fourth-order valence-electron chi connectivity index (χ4n) is 1.55. The lowest BCUT2D eigenvalue weighted by atomic mass is 9.86. The van der Waals surface area contributed by atoms with E-state index in [9.17, 15) is 4.79 Å². The van der Waals surface area contributed by atoms with Gasteiger partial charge in [-0.3, -0.25) is 9.48 Å². The zero-order chi connectivity index (χ0) is 13.1. The number of hydrogen-bond acceptors (Lipinski definition) is 3. The van der Waals surface area contributed by atoms with E-state index in [2.05, 4.69) is 31.2 Å². The van der Waals surface area contributed by atoms with Crippen molar-refractivity contribution in [1.29, 1.82) is 0 Å². The number of aromatic nitrogens is 2. The summed E-state index contributed by atoms with van der Waals surface area (Å²) in [4.78, 5) is 12.0. The zero-order valence-corrected chi connectivity index (χ0v) is 11.0. The van der Waals surface area contributed by atoms with Gasteiger partial charge in [-0.1, -0.05) is 20.8 Å². The van der Waals surface area contributed by atoms with Gasteiger partial charge in [0.25, 0.3) is 0 Å². The summed E-state index contributed by atoms with van der Waals surface area (Å²) in [5.41, 5.74) is 5.64. The number of amides is 1. The van der Waals surface area contributed by atoms with Crippen LogP contribution in [0.2, 0.25) is 0 Å². The summed E-state index contributed by atoms with van der Waals surface area (Å²) in [5.74, 6) is -0.0564. The van der Waals surface area contributed by atoms with Crippen molar-refractivity contribution < 1.29 is 4.79 Å². The molecule has 0 aromatic carbocycles. The van der Waals surface area contributed by atoms with Crippen LogP contribution in [-0.4, -0.2) is 28.3 Å². The minimum Gasteiger partial charge on any atom is -0.350 e. The molecule has 0 aliphatic rings. The van der Waals surface area contributed by atoms with Gasteiger partial charge in [0.2, 0.25) is 5.91 Å². The van der Waals surface area contributed by atoms with Gasteiger partial charge in [0.05, 0.1) is 0 Å². The second-order valence-electron chi connectivity index (χ2n) is 5.32. The van der Waals surface area contributed by atoms with Crippen LogP contribution < -0.4 is 11.1 Å². The predicted octanol–water partition coefficient (Wildman–Crippen LogP) is 0.934. The van der Waals surface area contributed by atoms with E-state index >= 15 is 0 Å². The summed E-state index contributed by atoms with van der Waals surface area (Å²) in [6.45, 7) is 8.43. The SMILES string of the molecule is CC(C(=O)NC(CN)C(C)(C)C)n1cccn1. The molecule has 1 aromatic rings. The molecule has 1 heterocycles. The summed E-state index contributed by atoms with van der Waals surface area (Å²) in [6.07, 6.45) is 3.44. The summed E-state index contributed by atoms with van der Waals surface area (Å²) >= 11 is 0. The Hall–Kier alpha value is -1.36. The van der Waals surface area contributed by atoms with Gasteiger partial charge in [0, 0.05) is 25.0 Å². The van der Waals surface area contributed by atoms with E-state index in [1.165, 1.54) is 0 Å². The minimum absolute atomic E-state index is 0.0342. The van der Waals surface area contributed by atoms with Gasteiger partial charge in [-0.05, 0) is 18.4 Å². The van der Waals surface area contributed by atoms with E-state index in [4.69, 9.17) is 5.73 Å². The Balaban J connectivity index is 2.65. The van der Waals surface area contributed by atoms with E-state index < -0.39 is 0 Å². The van der Waals surface area contributed by atoms with Crippen LogP contribution in [0.15, 0.2) is 18.5 Å². The topological polar surface area (TPSA) is 72.9 Å². The number of carbonyl (C=O) groups is 1. The molecule has 96 valence electrons. The Kier molecular flexibility index (Phi) is 4.28. The van der Waals surface area contributed by atoms with Crippen LogP contribution in [0.4, 0.5) is 0 Å². The molecule has 5 heteroatoms. The lowest BCUT2D eigenvalue weighted by Gasteiger charge is -2.31. The van der Waals surface area contributed by atoms with Crippen molar-refractivity contribution >= 4 is 5.91 Å². The fraction of sp³-hybridized carbons (Fsp3) is 0.667. The smallest absolute Gasteiger partial charge is 0.244 e. The van der Waals surface area contributed by atoms with Gasteiger partial charge in [-0.15, -0.1) is 0 Å². The molecule has 0 fully saturated rings. The third kappa shape index (κ3) is 3.56. The van der Waals surface area contributed by atoms with Gasteiger partial charge < -0.3 is 11.1 Å². The van der Waals surface area contributed by atoms with Crippen LogP contribution in [-0.2, 0) is 4.79 Å². The second-order valence-corrected chi connectivity index (χ2v) is 5.32. The van der Waals surface area contributed by atoms with E-state index in [0.29, 0.717) is 6.54 Å². The van der Waals surface area contributed by atoms with Crippen molar-refractivity contribution in [3.63, 3.8) is 0 Å². The van der Waals surface area contributed by atoms with Crippen molar-refractivity contribution in [1.82, 2.24) is 15.1 Å². The summed E-state index contributed by atoms with van der Waals surface area (Å²) < 4.78 is 1.63. The first-order chi connectivity index (χ1) is 7.86. The highest BCUT2D eigenvalue weighted by Gasteiger charge is 2.27. The number of nitrogens with zero attached hydrogens (tertiary/aromatic N) is 2. The first-order valence-corrected chi connectivity index (χ1v) is 5.86. The minimum atomic E-state index is -0.318. The van der Waals surface area contributed by atoms with Crippen molar-refractivity contribution in [2.75, 3.05) is 6.54 Å². The van der Waals surface area contributed by atoms with Crippen LogP contribution >= 0.6 is 0 Å². The van der Waals surface area contributed by atoms with Gasteiger partial charge in [0.1, 0.15) is 6.04 Å². The van der Waals surface area contributed by atoms with Gasteiger partial charge in [-0.25, -0.2) is 0 Å². The second kappa shape index (κ2) is 5.31. The molecule has 0 saturated carbocycles. The largest absolute Gasteiger partial charge is 0.350 e. The van der Waals surface area contributed by atoms with Crippen LogP contribution in [0.25, 0.3) is 0 Å². The molecule has 0 spiro atoms. The van der Waals surface area contributed by atoms with E-state index in [1.807, 2.05) is 6.92 Å². The molecule has 0 aliphatic heterocycles. The first-order valence-electron chi connectivity index (χ1n) is 5.86. The number of nitrogens with two attached hydrogens (primary N) is 1. The molecule has 1 aromatic heterocycles. The Bertz CT molecular complexity index is 353. The lowest BCUT2D eigenvalue weighted by molar-refractivity contribution is -0.125. The molecule has 1 rings (SSSR count). The van der Waals surface area contributed by atoms with Crippen LogP contribution in [0.3, 0.4) is 0 Å². The van der Waals surface area contributed by atoms with Crippen molar-refractivity contribution in [3.8, 4) is 0 Å². The number of rotatable bonds is 4. The Morgan fingerprint density at radius 3 is 2.59 bits per heavy atom. The molecule has 2 unspecified atom stereocenters. The lowest BCUT2D eigenvalue weighted by Crippen LogP contribution is -2.50. The Morgan fingerprint density at radius 1 is 1.53 bits per heavy atom. The quantitative estimate of drug-likeness (QED) is 0.819. The average molecular weight is 238 g/mol. The van der Waals surface area contributed by atoms with E-state index in [-0.39, 0.29) is 23.4 Å². The predicted molar refractivity (Wildman–Crippen MR) is 67.4 cm³/mol. The average Bonchev–Trinajstić information content (AvgIpc) is 2.75. The number of nitrogens with one attached hydrogen (secondary N) is 1. The highest BCUT2D eigenvalue weighted by Crippen LogP contribution is 2.19. The maximum Gasteiger partial charge on any atom is 0.244 e. The molecule has 0 aliphatic carbocycles. The molecule has 0 bridgehead atoms. The van der Waals surface area contributed by atoms with E-state index in [1.54, 1.807) is 23.1 Å². The molecule has 1 amide bonds. The molecular formula is C12H22N4O. The maximum absolute atomic E-state index is 12.0. The van der Waals surface area contributed by atoms with Gasteiger partial charge >= 0.3 is 0 Å². The van der Waals surface area contributed by atoms with Crippen molar-refractivity contribution in [3.05, 3.63) is 18.5 Å². The Labute approximate surface area is 102 Å². The first kappa shape index (κ1) is 13.7. The molecule has 2 atom stereocenters. The molecule has 0 radical (unpaired) electrons. The maximum atomic E-state index is 12.0. The zero-order valence-electron chi connectivity index (χ0n) is 11.0. The van der Waals surface area contributed by atoms with Crippen molar-refractivity contribution in [2.45, 2.75) is 39.8 Å². The third-order valence-electron chi connectivity index (χ3n) is 2.90. The molecular weight excluding hydrogens is 216 g/mol. The van der Waals surface area contributed by atoms with Gasteiger partial charge in [-0.2, -0.15) is 5.10 Å². The highest BCUT2D eigenvalue weighted by molar-refractivity contribution is 5.80.